The highest BCUT2D eigenvalue weighted by Gasteiger charge is 2.35. The van der Waals surface area contributed by atoms with Crippen LogP contribution in [0, 0.1) is 12.8 Å². The maximum Gasteiger partial charge on any atom is 0.246 e. The Morgan fingerprint density at radius 1 is 1.30 bits per heavy atom. The number of amides is 1. The molecule has 3 rings (SSSR count). The second-order valence-corrected chi connectivity index (χ2v) is 6.04. The number of rotatable bonds is 3. The van der Waals surface area contributed by atoms with Crippen LogP contribution in [0.15, 0.2) is 0 Å². The van der Waals surface area contributed by atoms with Gasteiger partial charge in [0.25, 0.3) is 0 Å². The molecule has 2 fully saturated rings. The molecule has 7 nitrogen and oxygen atoms in total. The van der Waals surface area contributed by atoms with Crippen LogP contribution in [0.5, 0.6) is 0 Å². The van der Waals surface area contributed by atoms with Crippen LogP contribution < -0.4 is 0 Å². The van der Waals surface area contributed by atoms with Crippen molar-refractivity contribution in [2.75, 3.05) is 26.2 Å². The van der Waals surface area contributed by atoms with E-state index in [-0.39, 0.29) is 12.5 Å². The molecule has 0 radical (unpaired) electrons. The van der Waals surface area contributed by atoms with Crippen molar-refractivity contribution in [2.24, 2.45) is 5.92 Å². The summed E-state index contributed by atoms with van der Waals surface area (Å²) in [6, 6.07) is 0.553. The van der Waals surface area contributed by atoms with Crippen LogP contribution in [0.25, 0.3) is 0 Å². The average Bonchev–Trinajstić information content (AvgIpc) is 2.75. The topological polar surface area (TPSA) is 67.2 Å². The van der Waals surface area contributed by atoms with E-state index in [0.29, 0.717) is 11.9 Å². The third kappa shape index (κ3) is 2.82. The van der Waals surface area contributed by atoms with Gasteiger partial charge in [-0.2, -0.15) is 4.80 Å². The van der Waals surface area contributed by atoms with Crippen LogP contribution in [-0.4, -0.2) is 68.1 Å². The number of hydrogen-bond donors (Lipinski definition) is 0. The molecule has 1 amide bonds. The molecule has 0 atom stereocenters. The van der Waals surface area contributed by atoms with Gasteiger partial charge in [0.1, 0.15) is 6.54 Å². The van der Waals surface area contributed by atoms with Gasteiger partial charge in [0.2, 0.25) is 5.91 Å². The summed E-state index contributed by atoms with van der Waals surface area (Å²) in [5.74, 6) is 1.54. The van der Waals surface area contributed by atoms with E-state index in [2.05, 4.69) is 27.2 Å². The first kappa shape index (κ1) is 13.5. The lowest BCUT2D eigenvalue weighted by molar-refractivity contribution is -0.140. The SMILES string of the molecule is Cc1nnn(CC(=O)N2CC(N3CCC(C)CC3)C2)n1. The maximum atomic E-state index is 12.1. The fourth-order valence-electron chi connectivity index (χ4n) is 2.89. The molecule has 2 saturated heterocycles. The third-order valence-corrected chi connectivity index (χ3v) is 4.38. The summed E-state index contributed by atoms with van der Waals surface area (Å²) in [4.78, 5) is 17.9. The standard InChI is InChI=1S/C13H22N6O/c1-10-3-5-17(6-4-10)12-7-18(8-12)13(20)9-19-15-11(2)14-16-19/h10,12H,3-9H2,1-2H3. The van der Waals surface area contributed by atoms with Crippen LogP contribution in [0.3, 0.4) is 0 Å². The molecule has 0 saturated carbocycles. The highest BCUT2D eigenvalue weighted by Crippen LogP contribution is 2.22. The molecule has 3 heterocycles. The zero-order valence-corrected chi connectivity index (χ0v) is 12.2. The van der Waals surface area contributed by atoms with E-state index in [1.165, 1.54) is 30.7 Å². The molecular formula is C13H22N6O. The van der Waals surface area contributed by atoms with E-state index in [0.717, 1.165) is 19.0 Å². The lowest BCUT2D eigenvalue weighted by atomic mass is 9.96. The number of aromatic nitrogens is 4. The fraction of sp³-hybridized carbons (Fsp3) is 0.846. The smallest absolute Gasteiger partial charge is 0.246 e. The molecule has 0 unspecified atom stereocenters. The number of aryl methyl sites for hydroxylation is 1. The maximum absolute atomic E-state index is 12.1. The Hall–Kier alpha value is -1.50. The zero-order valence-electron chi connectivity index (χ0n) is 12.2. The minimum Gasteiger partial charge on any atom is -0.338 e. The van der Waals surface area contributed by atoms with Crippen LogP contribution in [0.2, 0.25) is 0 Å². The van der Waals surface area contributed by atoms with Gasteiger partial charge in [0.05, 0.1) is 0 Å². The fourth-order valence-corrected chi connectivity index (χ4v) is 2.89. The minimum atomic E-state index is 0.0871. The lowest BCUT2D eigenvalue weighted by Crippen LogP contribution is -2.62. The summed E-state index contributed by atoms with van der Waals surface area (Å²) in [6.45, 7) is 8.34. The predicted molar refractivity (Wildman–Crippen MR) is 72.9 cm³/mol. The molecule has 110 valence electrons. The van der Waals surface area contributed by atoms with Gasteiger partial charge < -0.3 is 4.90 Å². The lowest BCUT2D eigenvalue weighted by Gasteiger charge is -2.47. The van der Waals surface area contributed by atoms with Crippen LogP contribution in [0.1, 0.15) is 25.6 Å². The molecule has 2 aliphatic rings. The Bertz CT molecular complexity index is 473. The van der Waals surface area contributed by atoms with Gasteiger partial charge >= 0.3 is 0 Å². The Morgan fingerprint density at radius 2 is 2.00 bits per heavy atom. The van der Waals surface area contributed by atoms with E-state index >= 15 is 0 Å². The molecule has 0 N–H and O–H groups in total. The summed E-state index contributed by atoms with van der Waals surface area (Å²) in [5, 5.41) is 11.6. The summed E-state index contributed by atoms with van der Waals surface area (Å²) in [6.07, 6.45) is 2.57. The van der Waals surface area contributed by atoms with Crippen molar-refractivity contribution in [3.8, 4) is 0 Å². The van der Waals surface area contributed by atoms with Gasteiger partial charge in [-0.15, -0.1) is 10.2 Å². The average molecular weight is 278 g/mol. The number of tetrazole rings is 1. The third-order valence-electron chi connectivity index (χ3n) is 4.38. The molecule has 1 aromatic heterocycles. The zero-order chi connectivity index (χ0) is 14.1. The van der Waals surface area contributed by atoms with Crippen molar-refractivity contribution in [2.45, 2.75) is 39.3 Å². The molecule has 0 aliphatic carbocycles. The minimum absolute atomic E-state index is 0.0871. The van der Waals surface area contributed by atoms with Crippen LogP contribution in [-0.2, 0) is 11.3 Å². The second-order valence-electron chi connectivity index (χ2n) is 6.04. The van der Waals surface area contributed by atoms with Crippen molar-refractivity contribution in [3.05, 3.63) is 5.82 Å². The van der Waals surface area contributed by atoms with Gasteiger partial charge in [-0.05, 0) is 44.0 Å². The molecule has 0 aromatic carbocycles. The Labute approximate surface area is 118 Å². The van der Waals surface area contributed by atoms with Gasteiger partial charge in [0, 0.05) is 19.1 Å². The Balaban J connectivity index is 1.44. The van der Waals surface area contributed by atoms with E-state index in [4.69, 9.17) is 0 Å². The first-order valence-corrected chi connectivity index (χ1v) is 7.38. The second kappa shape index (κ2) is 5.47. The van der Waals surface area contributed by atoms with Crippen molar-refractivity contribution in [3.63, 3.8) is 0 Å². The summed E-state index contributed by atoms with van der Waals surface area (Å²) in [7, 11) is 0. The first-order valence-electron chi connectivity index (χ1n) is 7.38. The number of carbonyl (C=O) groups excluding carboxylic acids is 1. The van der Waals surface area contributed by atoms with E-state index in [9.17, 15) is 4.79 Å². The first-order chi connectivity index (χ1) is 9.61. The van der Waals surface area contributed by atoms with Crippen LogP contribution >= 0.6 is 0 Å². The quantitative estimate of drug-likeness (QED) is 0.774. The van der Waals surface area contributed by atoms with Crippen molar-refractivity contribution in [1.82, 2.24) is 30.0 Å². The molecule has 7 heteroatoms. The summed E-state index contributed by atoms with van der Waals surface area (Å²) >= 11 is 0. The van der Waals surface area contributed by atoms with Crippen molar-refractivity contribution < 1.29 is 4.79 Å². The van der Waals surface area contributed by atoms with Crippen molar-refractivity contribution in [1.29, 1.82) is 0 Å². The van der Waals surface area contributed by atoms with E-state index in [1.54, 1.807) is 6.92 Å². The highest BCUT2D eigenvalue weighted by molar-refractivity contribution is 5.76. The molecule has 20 heavy (non-hydrogen) atoms. The molecule has 2 aliphatic heterocycles. The number of likely N-dealkylation sites (tertiary alicyclic amines) is 2. The monoisotopic (exact) mass is 278 g/mol. The molecule has 0 bridgehead atoms. The largest absolute Gasteiger partial charge is 0.338 e. The molecule has 1 aromatic rings. The Morgan fingerprint density at radius 3 is 2.60 bits per heavy atom. The van der Waals surface area contributed by atoms with E-state index in [1.807, 2.05) is 4.90 Å². The Kier molecular flexibility index (Phi) is 3.69. The van der Waals surface area contributed by atoms with Gasteiger partial charge in [-0.1, -0.05) is 6.92 Å². The number of hydrogen-bond acceptors (Lipinski definition) is 5. The number of piperidine rings is 1. The highest BCUT2D eigenvalue weighted by atomic mass is 16.2. The normalized spacial score (nSPS) is 22.0. The van der Waals surface area contributed by atoms with E-state index < -0.39 is 0 Å². The summed E-state index contributed by atoms with van der Waals surface area (Å²) < 4.78 is 0. The molecular weight excluding hydrogens is 256 g/mol. The van der Waals surface area contributed by atoms with Crippen LogP contribution in [0.4, 0.5) is 0 Å². The molecule has 0 spiro atoms. The number of nitrogens with zero attached hydrogens (tertiary/aromatic N) is 6. The van der Waals surface area contributed by atoms with Crippen molar-refractivity contribution >= 4 is 5.91 Å². The predicted octanol–water partition coefficient (Wildman–Crippen LogP) is -0.0758. The van der Waals surface area contributed by atoms with Gasteiger partial charge in [0.15, 0.2) is 5.82 Å². The number of carbonyl (C=O) groups is 1. The van der Waals surface area contributed by atoms with Gasteiger partial charge in [-0.25, -0.2) is 0 Å². The van der Waals surface area contributed by atoms with Gasteiger partial charge in [-0.3, -0.25) is 9.69 Å². The summed E-state index contributed by atoms with van der Waals surface area (Å²) in [5.41, 5.74) is 0.